The van der Waals surface area contributed by atoms with E-state index in [1.165, 1.54) is 0 Å². The molecule has 0 aliphatic rings. The Hall–Kier alpha value is -2.43. The van der Waals surface area contributed by atoms with Gasteiger partial charge in [0.2, 0.25) is 0 Å². The fraction of sp³-hybridized carbons (Fsp3) is 0.0833. The number of rotatable bonds is 3. The molecular weight excluding hydrogens is 216 g/mol. The van der Waals surface area contributed by atoms with Crippen LogP contribution in [0.4, 0.5) is 11.5 Å². The maximum atomic E-state index is 5.65. The Labute approximate surface area is 99.0 Å². The Kier molecular flexibility index (Phi) is 3.30. The van der Waals surface area contributed by atoms with Crippen molar-refractivity contribution < 1.29 is 4.74 Å². The van der Waals surface area contributed by atoms with Gasteiger partial charge in [-0.05, 0) is 24.3 Å². The van der Waals surface area contributed by atoms with Crippen LogP contribution in [0.15, 0.2) is 41.7 Å². The number of ether oxygens (including phenoxy) is 1. The second-order valence-electron chi connectivity index (χ2n) is 3.28. The first-order chi connectivity index (χ1) is 8.29. The van der Waals surface area contributed by atoms with Crippen molar-refractivity contribution in [2.75, 3.05) is 12.8 Å². The number of nitrogens with two attached hydrogens (primary N) is 1. The van der Waals surface area contributed by atoms with Crippen LogP contribution < -0.4 is 10.5 Å². The molecule has 1 heterocycles. The van der Waals surface area contributed by atoms with Crippen molar-refractivity contribution in [3.63, 3.8) is 0 Å². The number of nitrogens with zero attached hydrogens (tertiary/aromatic N) is 3. The second kappa shape index (κ2) is 5.07. The Morgan fingerprint density at radius 1 is 1.18 bits per heavy atom. The lowest BCUT2D eigenvalue weighted by Crippen LogP contribution is -1.98. The van der Waals surface area contributed by atoms with E-state index < -0.39 is 0 Å². The summed E-state index contributed by atoms with van der Waals surface area (Å²) in [6, 6.07) is 7.38. The molecular formula is C12H12N4O. The minimum absolute atomic E-state index is 0.366. The first-order valence-electron chi connectivity index (χ1n) is 5.04. The van der Waals surface area contributed by atoms with Crippen LogP contribution in [0.1, 0.15) is 5.69 Å². The van der Waals surface area contributed by atoms with Crippen molar-refractivity contribution in [1.29, 1.82) is 0 Å². The van der Waals surface area contributed by atoms with E-state index in [1.54, 1.807) is 25.7 Å². The molecule has 86 valence electrons. The molecule has 0 spiro atoms. The van der Waals surface area contributed by atoms with Gasteiger partial charge in [-0.2, -0.15) is 0 Å². The smallest absolute Gasteiger partial charge is 0.150 e. The number of hydrogen-bond acceptors (Lipinski definition) is 5. The maximum Gasteiger partial charge on any atom is 0.150 e. The van der Waals surface area contributed by atoms with Crippen LogP contribution in [0.25, 0.3) is 0 Å². The third-order valence-electron chi connectivity index (χ3n) is 2.16. The number of benzene rings is 1. The van der Waals surface area contributed by atoms with Crippen LogP contribution in [0, 0.1) is 0 Å². The highest BCUT2D eigenvalue weighted by molar-refractivity contribution is 5.84. The minimum Gasteiger partial charge on any atom is -0.497 e. The molecule has 1 aromatic carbocycles. The van der Waals surface area contributed by atoms with Gasteiger partial charge in [0, 0.05) is 12.4 Å². The van der Waals surface area contributed by atoms with Gasteiger partial charge in [-0.3, -0.25) is 4.99 Å². The highest BCUT2D eigenvalue weighted by Crippen LogP contribution is 2.17. The molecule has 0 radical (unpaired) electrons. The summed E-state index contributed by atoms with van der Waals surface area (Å²) in [5, 5.41) is 0. The predicted molar refractivity (Wildman–Crippen MR) is 66.7 cm³/mol. The van der Waals surface area contributed by atoms with Gasteiger partial charge in [0.15, 0.2) is 5.82 Å². The van der Waals surface area contributed by atoms with Gasteiger partial charge in [0.1, 0.15) is 11.4 Å². The Morgan fingerprint density at radius 3 is 2.53 bits per heavy atom. The third kappa shape index (κ3) is 2.78. The summed E-state index contributed by atoms with van der Waals surface area (Å²) in [4.78, 5) is 12.2. The molecule has 0 amide bonds. The molecule has 17 heavy (non-hydrogen) atoms. The van der Waals surface area contributed by atoms with Gasteiger partial charge in [0.25, 0.3) is 0 Å². The van der Waals surface area contributed by atoms with Crippen molar-refractivity contribution in [3.8, 4) is 5.75 Å². The van der Waals surface area contributed by atoms with E-state index in [2.05, 4.69) is 15.0 Å². The molecule has 5 heteroatoms. The standard InChI is InChI=1S/C12H12N4O/c1-17-10-4-2-9(3-5-10)16-8-11-12(13)15-7-6-14-11/h2-8H,1H3,(H2,13,15). The quantitative estimate of drug-likeness (QED) is 0.813. The summed E-state index contributed by atoms with van der Waals surface area (Å²) in [5.74, 6) is 1.16. The van der Waals surface area contributed by atoms with E-state index in [1.807, 2.05) is 24.3 Å². The fourth-order valence-corrected chi connectivity index (χ4v) is 1.26. The fourth-order valence-electron chi connectivity index (χ4n) is 1.26. The average molecular weight is 228 g/mol. The average Bonchev–Trinajstić information content (AvgIpc) is 2.38. The van der Waals surface area contributed by atoms with Crippen molar-refractivity contribution in [2.24, 2.45) is 4.99 Å². The highest BCUT2D eigenvalue weighted by Gasteiger charge is 1.96. The van der Waals surface area contributed by atoms with Gasteiger partial charge in [-0.25, -0.2) is 9.97 Å². The molecule has 0 aliphatic heterocycles. The number of hydrogen-bond donors (Lipinski definition) is 1. The molecule has 2 rings (SSSR count). The topological polar surface area (TPSA) is 73.4 Å². The molecule has 0 unspecified atom stereocenters. The zero-order chi connectivity index (χ0) is 12.1. The number of anilines is 1. The Bertz CT molecular complexity index is 522. The molecule has 0 aliphatic carbocycles. The Morgan fingerprint density at radius 2 is 1.88 bits per heavy atom. The first kappa shape index (κ1) is 11.1. The van der Waals surface area contributed by atoms with E-state index >= 15 is 0 Å². The summed E-state index contributed by atoms with van der Waals surface area (Å²) >= 11 is 0. The monoisotopic (exact) mass is 228 g/mol. The summed E-state index contributed by atoms with van der Waals surface area (Å²) < 4.78 is 5.06. The number of aromatic nitrogens is 2. The van der Waals surface area contributed by atoms with Gasteiger partial charge < -0.3 is 10.5 Å². The molecule has 5 nitrogen and oxygen atoms in total. The molecule has 2 aromatic rings. The zero-order valence-corrected chi connectivity index (χ0v) is 9.37. The maximum absolute atomic E-state index is 5.65. The lowest BCUT2D eigenvalue weighted by molar-refractivity contribution is 0.415. The summed E-state index contributed by atoms with van der Waals surface area (Å²) in [7, 11) is 1.62. The number of methoxy groups -OCH3 is 1. The van der Waals surface area contributed by atoms with E-state index in [9.17, 15) is 0 Å². The van der Waals surface area contributed by atoms with Crippen LogP contribution in [0.5, 0.6) is 5.75 Å². The summed E-state index contributed by atoms with van der Waals surface area (Å²) in [6.07, 6.45) is 4.70. The molecule has 0 atom stereocenters. The van der Waals surface area contributed by atoms with Crippen molar-refractivity contribution in [2.45, 2.75) is 0 Å². The molecule has 2 N–H and O–H groups in total. The molecule has 0 saturated carbocycles. The van der Waals surface area contributed by atoms with E-state index in [4.69, 9.17) is 10.5 Å². The zero-order valence-electron chi connectivity index (χ0n) is 9.37. The highest BCUT2D eigenvalue weighted by atomic mass is 16.5. The summed E-state index contributed by atoms with van der Waals surface area (Å²) in [6.45, 7) is 0. The van der Waals surface area contributed by atoms with Crippen LogP contribution in [0.2, 0.25) is 0 Å². The van der Waals surface area contributed by atoms with Crippen LogP contribution >= 0.6 is 0 Å². The second-order valence-corrected chi connectivity index (χ2v) is 3.28. The SMILES string of the molecule is COc1ccc(N=Cc2nccnc2N)cc1. The third-order valence-corrected chi connectivity index (χ3v) is 2.16. The van der Waals surface area contributed by atoms with Crippen LogP contribution in [0.3, 0.4) is 0 Å². The minimum atomic E-state index is 0.366. The first-order valence-corrected chi connectivity index (χ1v) is 5.04. The van der Waals surface area contributed by atoms with Crippen molar-refractivity contribution in [3.05, 3.63) is 42.4 Å². The van der Waals surface area contributed by atoms with E-state index in [0.29, 0.717) is 11.5 Å². The lowest BCUT2D eigenvalue weighted by Gasteiger charge is -1.99. The summed E-state index contributed by atoms with van der Waals surface area (Å²) in [5.41, 5.74) is 7.01. The van der Waals surface area contributed by atoms with Crippen molar-refractivity contribution in [1.82, 2.24) is 9.97 Å². The van der Waals surface area contributed by atoms with Gasteiger partial charge in [-0.1, -0.05) is 0 Å². The number of aliphatic imine (C=N–C) groups is 1. The normalized spacial score (nSPS) is 10.6. The molecule has 0 fully saturated rings. The van der Waals surface area contributed by atoms with E-state index in [0.717, 1.165) is 11.4 Å². The van der Waals surface area contributed by atoms with Gasteiger partial charge >= 0.3 is 0 Å². The lowest BCUT2D eigenvalue weighted by atomic mass is 10.3. The van der Waals surface area contributed by atoms with Crippen LogP contribution in [-0.2, 0) is 0 Å². The van der Waals surface area contributed by atoms with Gasteiger partial charge in [0.05, 0.1) is 19.0 Å². The molecule has 1 aromatic heterocycles. The molecule has 0 saturated heterocycles. The predicted octanol–water partition coefficient (Wildman–Crippen LogP) is 1.82. The van der Waals surface area contributed by atoms with E-state index in [-0.39, 0.29) is 0 Å². The molecule has 0 bridgehead atoms. The Balaban J connectivity index is 2.17. The van der Waals surface area contributed by atoms with Crippen LogP contribution in [-0.4, -0.2) is 23.3 Å². The largest absolute Gasteiger partial charge is 0.497 e. The van der Waals surface area contributed by atoms with Gasteiger partial charge in [-0.15, -0.1) is 0 Å². The number of nitrogen functional groups attached to an aromatic ring is 1. The van der Waals surface area contributed by atoms with Crippen molar-refractivity contribution >= 4 is 17.7 Å².